The van der Waals surface area contributed by atoms with E-state index in [4.69, 9.17) is 22.1 Å². The van der Waals surface area contributed by atoms with Gasteiger partial charge >= 0.3 is 0 Å². The zero-order valence-corrected chi connectivity index (χ0v) is 13.2. The smallest absolute Gasteiger partial charge is 0.240 e. The molecule has 0 fully saturated rings. The third-order valence-corrected chi connectivity index (χ3v) is 3.55. The van der Waals surface area contributed by atoms with Crippen molar-refractivity contribution in [1.82, 2.24) is 19.9 Å². The molecule has 0 aliphatic heterocycles. The summed E-state index contributed by atoms with van der Waals surface area (Å²) in [6.07, 6.45) is 5.54. The maximum Gasteiger partial charge on any atom is 0.240 e. The number of benzene rings is 1. The summed E-state index contributed by atoms with van der Waals surface area (Å²) in [5.41, 5.74) is 8.52. The molecule has 2 N–H and O–H groups in total. The van der Waals surface area contributed by atoms with Crippen LogP contribution in [0.5, 0.6) is 5.88 Å². The minimum Gasteiger partial charge on any atom is -0.479 e. The van der Waals surface area contributed by atoms with Crippen molar-refractivity contribution in [2.75, 3.05) is 12.8 Å². The zero-order chi connectivity index (χ0) is 16.2. The Morgan fingerprint density at radius 3 is 2.52 bits per heavy atom. The Balaban J connectivity index is 1.99. The summed E-state index contributed by atoms with van der Waals surface area (Å²) in [5.74, 6) is 0.668. The minimum absolute atomic E-state index is 0.242. The summed E-state index contributed by atoms with van der Waals surface area (Å²) < 4.78 is 5.30. The van der Waals surface area contributed by atoms with Crippen LogP contribution in [0, 0.1) is 0 Å². The van der Waals surface area contributed by atoms with E-state index in [9.17, 15) is 0 Å². The van der Waals surface area contributed by atoms with E-state index in [1.807, 2.05) is 18.2 Å². The number of aromatic nitrogens is 4. The summed E-state index contributed by atoms with van der Waals surface area (Å²) in [6.45, 7) is 0. The summed E-state index contributed by atoms with van der Waals surface area (Å²) in [6, 6.07) is 7.44. The second-order valence-corrected chi connectivity index (χ2v) is 5.23. The Kier molecular flexibility index (Phi) is 4.34. The monoisotopic (exact) mass is 327 g/mol. The molecule has 2 heterocycles. The highest BCUT2D eigenvalue weighted by atomic mass is 35.5. The first kappa shape index (κ1) is 15.2. The minimum atomic E-state index is 0.242. The summed E-state index contributed by atoms with van der Waals surface area (Å²) >= 11 is 6.26. The maximum atomic E-state index is 6.26. The SMILES string of the molecule is COc1ncc(Cc2cnc(N)nc2)nc1-c1ccccc1Cl. The number of nitrogens with zero attached hydrogens (tertiary/aromatic N) is 4. The van der Waals surface area contributed by atoms with Crippen LogP contribution in [0.15, 0.2) is 42.9 Å². The normalized spacial score (nSPS) is 10.5. The molecular weight excluding hydrogens is 314 g/mol. The first-order chi connectivity index (χ1) is 11.2. The molecule has 23 heavy (non-hydrogen) atoms. The lowest BCUT2D eigenvalue weighted by Gasteiger charge is -2.10. The summed E-state index contributed by atoms with van der Waals surface area (Å²) in [4.78, 5) is 16.9. The fourth-order valence-electron chi connectivity index (χ4n) is 2.14. The van der Waals surface area contributed by atoms with Gasteiger partial charge in [-0.05, 0) is 11.6 Å². The number of ether oxygens (including phenoxy) is 1. The van der Waals surface area contributed by atoms with Crippen molar-refractivity contribution in [2.24, 2.45) is 0 Å². The number of halogens is 1. The average molecular weight is 328 g/mol. The van der Waals surface area contributed by atoms with Crippen LogP contribution < -0.4 is 10.5 Å². The average Bonchev–Trinajstić information content (AvgIpc) is 2.57. The van der Waals surface area contributed by atoms with Crippen molar-refractivity contribution >= 4 is 17.5 Å². The molecule has 3 aromatic rings. The fourth-order valence-corrected chi connectivity index (χ4v) is 2.37. The van der Waals surface area contributed by atoms with Gasteiger partial charge in [-0.15, -0.1) is 0 Å². The second-order valence-electron chi connectivity index (χ2n) is 4.83. The van der Waals surface area contributed by atoms with E-state index < -0.39 is 0 Å². The second kappa shape index (κ2) is 6.58. The lowest BCUT2D eigenvalue weighted by atomic mass is 10.1. The van der Waals surface area contributed by atoms with E-state index in [1.165, 1.54) is 0 Å². The Morgan fingerprint density at radius 1 is 1.09 bits per heavy atom. The molecule has 0 saturated heterocycles. The molecule has 6 nitrogen and oxygen atoms in total. The van der Waals surface area contributed by atoms with Gasteiger partial charge in [0, 0.05) is 24.4 Å². The highest BCUT2D eigenvalue weighted by molar-refractivity contribution is 6.33. The number of rotatable bonds is 4. The highest BCUT2D eigenvalue weighted by Gasteiger charge is 2.13. The van der Waals surface area contributed by atoms with E-state index in [-0.39, 0.29) is 5.95 Å². The topological polar surface area (TPSA) is 86.8 Å². The van der Waals surface area contributed by atoms with Gasteiger partial charge in [0.15, 0.2) is 0 Å². The first-order valence-electron chi connectivity index (χ1n) is 6.88. The number of anilines is 1. The van der Waals surface area contributed by atoms with Crippen LogP contribution in [0.1, 0.15) is 11.3 Å². The third-order valence-electron chi connectivity index (χ3n) is 3.22. The van der Waals surface area contributed by atoms with Crippen LogP contribution in [0.25, 0.3) is 11.3 Å². The zero-order valence-electron chi connectivity index (χ0n) is 12.4. The predicted molar refractivity (Wildman–Crippen MR) is 88.3 cm³/mol. The molecule has 0 aliphatic carbocycles. The number of methoxy groups -OCH3 is 1. The largest absolute Gasteiger partial charge is 0.479 e. The number of hydrogen-bond donors (Lipinski definition) is 1. The van der Waals surface area contributed by atoms with E-state index in [0.717, 1.165) is 16.8 Å². The molecule has 0 aliphatic rings. The summed E-state index contributed by atoms with van der Waals surface area (Å²) in [5, 5.41) is 0.591. The van der Waals surface area contributed by atoms with Crippen LogP contribution >= 0.6 is 11.6 Å². The standard InChI is InChI=1S/C16H14ClN5O/c1-23-15-14(12-4-2-3-5-13(12)17)22-11(9-19-15)6-10-7-20-16(18)21-8-10/h2-5,7-9H,6H2,1H3,(H2,18,20,21). The molecule has 7 heteroatoms. The van der Waals surface area contributed by atoms with Gasteiger partial charge in [0.05, 0.1) is 24.0 Å². The maximum absolute atomic E-state index is 6.26. The Morgan fingerprint density at radius 2 is 1.83 bits per heavy atom. The number of hydrogen-bond acceptors (Lipinski definition) is 6. The van der Waals surface area contributed by atoms with Gasteiger partial charge in [-0.25, -0.2) is 19.9 Å². The van der Waals surface area contributed by atoms with Crippen molar-refractivity contribution in [3.8, 4) is 17.1 Å². The molecule has 0 radical (unpaired) electrons. The van der Waals surface area contributed by atoms with Crippen LogP contribution in [0.3, 0.4) is 0 Å². The molecule has 1 aromatic carbocycles. The Hall–Kier alpha value is -2.73. The molecule has 3 rings (SSSR count). The molecule has 0 atom stereocenters. The van der Waals surface area contributed by atoms with Crippen LogP contribution in [0.4, 0.5) is 5.95 Å². The molecule has 0 amide bonds. The Labute approximate surface area is 138 Å². The third kappa shape index (κ3) is 3.37. The van der Waals surface area contributed by atoms with Gasteiger partial charge in [0.2, 0.25) is 11.8 Å². The van der Waals surface area contributed by atoms with Crippen molar-refractivity contribution in [3.63, 3.8) is 0 Å². The molecule has 116 valence electrons. The number of nitrogen functional groups attached to an aromatic ring is 1. The van der Waals surface area contributed by atoms with Gasteiger partial charge in [-0.3, -0.25) is 0 Å². The first-order valence-corrected chi connectivity index (χ1v) is 7.26. The lowest BCUT2D eigenvalue weighted by molar-refractivity contribution is 0.397. The number of nitrogens with two attached hydrogens (primary N) is 1. The van der Waals surface area contributed by atoms with Crippen LogP contribution in [-0.4, -0.2) is 27.0 Å². The van der Waals surface area contributed by atoms with Gasteiger partial charge in [-0.2, -0.15) is 0 Å². The fraction of sp³-hybridized carbons (Fsp3) is 0.125. The van der Waals surface area contributed by atoms with Crippen molar-refractivity contribution < 1.29 is 4.74 Å². The van der Waals surface area contributed by atoms with Crippen molar-refractivity contribution in [2.45, 2.75) is 6.42 Å². The summed E-state index contributed by atoms with van der Waals surface area (Å²) in [7, 11) is 1.55. The van der Waals surface area contributed by atoms with Gasteiger partial charge < -0.3 is 10.5 Å². The quantitative estimate of drug-likeness (QED) is 0.792. The van der Waals surface area contributed by atoms with Gasteiger partial charge in [0.25, 0.3) is 0 Å². The van der Waals surface area contributed by atoms with E-state index >= 15 is 0 Å². The van der Waals surface area contributed by atoms with Crippen molar-refractivity contribution in [1.29, 1.82) is 0 Å². The molecular formula is C16H14ClN5O. The molecule has 0 bridgehead atoms. The predicted octanol–water partition coefficient (Wildman–Crippen LogP) is 2.77. The molecule has 0 spiro atoms. The van der Waals surface area contributed by atoms with Crippen LogP contribution in [0.2, 0.25) is 5.02 Å². The van der Waals surface area contributed by atoms with E-state index in [1.54, 1.807) is 31.8 Å². The van der Waals surface area contributed by atoms with Crippen LogP contribution in [-0.2, 0) is 6.42 Å². The van der Waals surface area contributed by atoms with Gasteiger partial charge in [0.1, 0.15) is 5.69 Å². The van der Waals surface area contributed by atoms with Gasteiger partial charge in [-0.1, -0.05) is 29.8 Å². The Bertz CT molecular complexity index is 823. The molecule has 0 unspecified atom stereocenters. The molecule has 0 saturated carbocycles. The van der Waals surface area contributed by atoms with Crippen molar-refractivity contribution in [3.05, 3.63) is 59.1 Å². The van der Waals surface area contributed by atoms with E-state index in [0.29, 0.717) is 23.0 Å². The molecule has 2 aromatic heterocycles. The lowest BCUT2D eigenvalue weighted by Crippen LogP contribution is -2.02. The van der Waals surface area contributed by atoms with E-state index in [2.05, 4.69) is 19.9 Å². The highest BCUT2D eigenvalue weighted by Crippen LogP contribution is 2.31.